The summed E-state index contributed by atoms with van der Waals surface area (Å²) in [6, 6.07) is 10.2. The fourth-order valence-electron chi connectivity index (χ4n) is 3.64. The lowest BCUT2D eigenvalue weighted by atomic mass is 9.96. The average Bonchev–Trinajstić information content (AvgIpc) is 3.08. The molecular formula is C20H29N3O. The summed E-state index contributed by atoms with van der Waals surface area (Å²) < 4.78 is 1.90. The molecule has 1 aliphatic carbocycles. The third-order valence-electron chi connectivity index (χ3n) is 5.11. The second kappa shape index (κ2) is 8.97. The number of aliphatic hydroxyl groups is 1. The molecule has 1 fully saturated rings. The van der Waals surface area contributed by atoms with Gasteiger partial charge in [-0.05, 0) is 12.8 Å². The van der Waals surface area contributed by atoms with Gasteiger partial charge < -0.3 is 5.11 Å². The number of aromatic nitrogens is 3. The fourth-order valence-corrected chi connectivity index (χ4v) is 3.64. The number of rotatable bonds is 2. The Bertz CT molecular complexity index is 596. The Kier molecular flexibility index (Phi) is 6.41. The first kappa shape index (κ1) is 17.2. The molecule has 0 spiro atoms. The summed E-state index contributed by atoms with van der Waals surface area (Å²) in [6.45, 7) is 0. The molecule has 0 aliphatic heterocycles. The van der Waals surface area contributed by atoms with Crippen LogP contribution in [0.15, 0.2) is 36.5 Å². The third kappa shape index (κ3) is 4.67. The number of nitrogens with zero attached hydrogens (tertiary/aromatic N) is 3. The van der Waals surface area contributed by atoms with E-state index in [2.05, 4.69) is 10.3 Å². The second-order valence-corrected chi connectivity index (χ2v) is 6.99. The number of hydrogen-bond donors (Lipinski definition) is 1. The Morgan fingerprint density at radius 3 is 2.17 bits per heavy atom. The number of benzene rings is 1. The molecule has 1 saturated carbocycles. The predicted molar refractivity (Wildman–Crippen MR) is 96.7 cm³/mol. The first-order chi connectivity index (χ1) is 11.8. The zero-order valence-corrected chi connectivity index (χ0v) is 14.5. The Morgan fingerprint density at radius 1 is 0.833 bits per heavy atom. The first-order valence-electron chi connectivity index (χ1n) is 9.50. The van der Waals surface area contributed by atoms with Crippen LogP contribution in [0.25, 0.3) is 11.3 Å². The molecule has 4 nitrogen and oxygen atoms in total. The van der Waals surface area contributed by atoms with Crippen LogP contribution in [-0.4, -0.2) is 26.2 Å². The summed E-state index contributed by atoms with van der Waals surface area (Å²) in [7, 11) is 0. The van der Waals surface area contributed by atoms with Crippen LogP contribution in [0.4, 0.5) is 0 Å². The van der Waals surface area contributed by atoms with Crippen LogP contribution in [0.3, 0.4) is 0 Å². The summed E-state index contributed by atoms with van der Waals surface area (Å²) in [5.74, 6) is 0. The first-order valence-corrected chi connectivity index (χ1v) is 9.50. The van der Waals surface area contributed by atoms with Crippen molar-refractivity contribution in [2.75, 3.05) is 0 Å². The molecule has 1 aromatic carbocycles. The normalized spacial score (nSPS) is 24.0. The van der Waals surface area contributed by atoms with Crippen molar-refractivity contribution >= 4 is 0 Å². The van der Waals surface area contributed by atoms with Gasteiger partial charge in [-0.3, -0.25) is 0 Å². The van der Waals surface area contributed by atoms with E-state index in [0.29, 0.717) is 0 Å². The summed E-state index contributed by atoms with van der Waals surface area (Å²) >= 11 is 0. The molecule has 130 valence electrons. The molecular weight excluding hydrogens is 298 g/mol. The lowest BCUT2D eigenvalue weighted by Gasteiger charge is -2.23. The van der Waals surface area contributed by atoms with Crippen LogP contribution in [0, 0.1) is 0 Å². The molecule has 4 heteroatoms. The molecule has 1 N–H and O–H groups in total. The minimum absolute atomic E-state index is 0.0504. The van der Waals surface area contributed by atoms with Gasteiger partial charge in [0.05, 0.1) is 18.3 Å². The van der Waals surface area contributed by atoms with Crippen molar-refractivity contribution in [1.82, 2.24) is 15.0 Å². The maximum absolute atomic E-state index is 10.7. The second-order valence-electron chi connectivity index (χ2n) is 6.99. The van der Waals surface area contributed by atoms with E-state index in [9.17, 15) is 5.11 Å². The van der Waals surface area contributed by atoms with Gasteiger partial charge in [0.15, 0.2) is 0 Å². The Balaban J connectivity index is 1.72. The van der Waals surface area contributed by atoms with E-state index in [1.165, 1.54) is 38.5 Å². The molecule has 1 aliphatic rings. The molecule has 0 amide bonds. The molecule has 1 heterocycles. The predicted octanol–water partition coefficient (Wildman–Crippen LogP) is 4.76. The minimum Gasteiger partial charge on any atom is -0.391 e. The monoisotopic (exact) mass is 327 g/mol. The molecule has 1 aromatic heterocycles. The SMILES string of the molecule is OC1CCCCCCCCCCC1n1cc(-c2ccccc2)nn1. The quantitative estimate of drug-likeness (QED) is 0.865. The van der Waals surface area contributed by atoms with Crippen LogP contribution < -0.4 is 0 Å². The Labute approximate surface area is 144 Å². The molecule has 24 heavy (non-hydrogen) atoms. The summed E-state index contributed by atoms with van der Waals surface area (Å²) in [6.07, 6.45) is 13.6. The largest absolute Gasteiger partial charge is 0.391 e. The van der Waals surface area contributed by atoms with Crippen molar-refractivity contribution < 1.29 is 5.11 Å². The highest BCUT2D eigenvalue weighted by molar-refractivity contribution is 5.57. The zero-order chi connectivity index (χ0) is 16.6. The number of aliphatic hydroxyl groups excluding tert-OH is 1. The van der Waals surface area contributed by atoms with Crippen molar-refractivity contribution in [1.29, 1.82) is 0 Å². The van der Waals surface area contributed by atoms with Gasteiger partial charge >= 0.3 is 0 Å². The van der Waals surface area contributed by atoms with Crippen LogP contribution in [0.1, 0.15) is 70.3 Å². The number of hydrogen-bond acceptors (Lipinski definition) is 3. The summed E-state index contributed by atoms with van der Waals surface area (Å²) in [5, 5.41) is 19.4. The maximum Gasteiger partial charge on any atom is 0.113 e. The topological polar surface area (TPSA) is 50.9 Å². The van der Waals surface area contributed by atoms with Crippen molar-refractivity contribution in [2.24, 2.45) is 0 Å². The van der Waals surface area contributed by atoms with Gasteiger partial charge in [-0.25, -0.2) is 4.68 Å². The molecule has 2 unspecified atom stereocenters. The standard InChI is InChI=1S/C20H29N3O/c24-20-15-11-6-4-2-1-3-5-10-14-19(20)23-16-18(21-22-23)17-12-8-7-9-13-17/h7-9,12-13,16,19-20,24H,1-6,10-11,14-15H2. The van der Waals surface area contributed by atoms with Gasteiger partial charge in [0.25, 0.3) is 0 Å². The van der Waals surface area contributed by atoms with Crippen molar-refractivity contribution in [3.63, 3.8) is 0 Å². The van der Waals surface area contributed by atoms with Gasteiger partial charge in [-0.15, -0.1) is 5.10 Å². The van der Waals surface area contributed by atoms with E-state index in [0.717, 1.165) is 36.9 Å². The van der Waals surface area contributed by atoms with Crippen LogP contribution >= 0.6 is 0 Å². The van der Waals surface area contributed by atoms with Gasteiger partial charge in [0, 0.05) is 5.56 Å². The smallest absolute Gasteiger partial charge is 0.113 e. The van der Waals surface area contributed by atoms with E-state index < -0.39 is 0 Å². The molecule has 0 radical (unpaired) electrons. The molecule has 3 rings (SSSR count). The van der Waals surface area contributed by atoms with E-state index >= 15 is 0 Å². The van der Waals surface area contributed by atoms with Crippen molar-refractivity contribution in [2.45, 2.75) is 76.4 Å². The fraction of sp³-hybridized carbons (Fsp3) is 0.600. The van der Waals surface area contributed by atoms with Crippen LogP contribution in [0.5, 0.6) is 0 Å². The zero-order valence-electron chi connectivity index (χ0n) is 14.5. The highest BCUT2D eigenvalue weighted by atomic mass is 16.3. The summed E-state index contributed by atoms with van der Waals surface area (Å²) in [4.78, 5) is 0. The highest BCUT2D eigenvalue weighted by Crippen LogP contribution is 2.26. The van der Waals surface area contributed by atoms with Crippen LogP contribution in [-0.2, 0) is 0 Å². The van der Waals surface area contributed by atoms with Crippen molar-refractivity contribution in [3.05, 3.63) is 36.5 Å². The maximum atomic E-state index is 10.7. The van der Waals surface area contributed by atoms with Gasteiger partial charge in [0.1, 0.15) is 5.69 Å². The van der Waals surface area contributed by atoms with Gasteiger partial charge in [-0.1, -0.05) is 86.9 Å². The molecule has 0 saturated heterocycles. The van der Waals surface area contributed by atoms with Crippen molar-refractivity contribution in [3.8, 4) is 11.3 Å². The average molecular weight is 327 g/mol. The lowest BCUT2D eigenvalue weighted by molar-refractivity contribution is 0.0866. The van der Waals surface area contributed by atoms with E-state index in [1.807, 2.05) is 41.2 Å². The molecule has 2 aromatic rings. The van der Waals surface area contributed by atoms with Gasteiger partial charge in [0.2, 0.25) is 0 Å². The van der Waals surface area contributed by atoms with Crippen LogP contribution in [0.2, 0.25) is 0 Å². The lowest BCUT2D eigenvalue weighted by Crippen LogP contribution is -2.25. The van der Waals surface area contributed by atoms with E-state index in [4.69, 9.17) is 0 Å². The van der Waals surface area contributed by atoms with E-state index in [1.54, 1.807) is 0 Å². The van der Waals surface area contributed by atoms with Gasteiger partial charge in [-0.2, -0.15) is 0 Å². The molecule has 2 atom stereocenters. The van der Waals surface area contributed by atoms with E-state index in [-0.39, 0.29) is 12.1 Å². The minimum atomic E-state index is -0.324. The Hall–Kier alpha value is -1.68. The highest BCUT2D eigenvalue weighted by Gasteiger charge is 2.22. The third-order valence-corrected chi connectivity index (χ3v) is 5.11. The Morgan fingerprint density at radius 2 is 1.46 bits per heavy atom. The molecule has 0 bridgehead atoms. The summed E-state index contributed by atoms with van der Waals surface area (Å²) in [5.41, 5.74) is 1.96.